The van der Waals surface area contributed by atoms with Gasteiger partial charge in [-0.2, -0.15) is 0 Å². The summed E-state index contributed by atoms with van der Waals surface area (Å²) in [5, 5.41) is 12.7. The van der Waals surface area contributed by atoms with Gasteiger partial charge in [-0.25, -0.2) is 4.79 Å². The van der Waals surface area contributed by atoms with Gasteiger partial charge in [0.15, 0.2) is 6.04 Å². The summed E-state index contributed by atoms with van der Waals surface area (Å²) in [7, 11) is 1.16. The van der Waals surface area contributed by atoms with E-state index in [1.165, 1.54) is 6.20 Å². The summed E-state index contributed by atoms with van der Waals surface area (Å²) in [6, 6.07) is 3.72. The minimum absolute atomic E-state index is 0.0823. The fraction of sp³-hybridized carbons (Fsp3) is 0.214. The highest BCUT2D eigenvalue weighted by Crippen LogP contribution is 2.27. The summed E-state index contributed by atoms with van der Waals surface area (Å²) in [6.07, 6.45) is 1.28. The second kappa shape index (κ2) is 6.91. The smallest absolute Gasteiger partial charge is 0.330 e. The quantitative estimate of drug-likeness (QED) is 0.827. The maximum Gasteiger partial charge on any atom is 0.330 e. The minimum Gasteiger partial charge on any atom is -0.467 e. The van der Waals surface area contributed by atoms with Crippen molar-refractivity contribution in [2.24, 2.45) is 0 Å². The van der Waals surface area contributed by atoms with E-state index < -0.39 is 24.5 Å². The number of halogens is 2. The number of nitrogens with zero attached hydrogens (tertiary/aromatic N) is 1. The van der Waals surface area contributed by atoms with Crippen LogP contribution >= 0.6 is 23.2 Å². The lowest BCUT2D eigenvalue weighted by molar-refractivity contribution is -0.143. The van der Waals surface area contributed by atoms with E-state index in [2.05, 4.69) is 15.0 Å². The van der Waals surface area contributed by atoms with Crippen molar-refractivity contribution >= 4 is 46.0 Å². The van der Waals surface area contributed by atoms with Crippen molar-refractivity contribution in [1.82, 2.24) is 10.3 Å². The SMILES string of the molecule is COC(=O)[C@H](CO)NC(=O)c1cnc2cc(Cl)ccc2c1Cl. The van der Waals surface area contributed by atoms with Crippen LogP contribution in [0.15, 0.2) is 24.4 Å². The molecule has 1 atom stereocenters. The van der Waals surface area contributed by atoms with Gasteiger partial charge in [-0.3, -0.25) is 9.78 Å². The first-order valence-electron chi connectivity index (χ1n) is 6.21. The molecule has 0 bridgehead atoms. The minimum atomic E-state index is -1.17. The van der Waals surface area contributed by atoms with Crippen LogP contribution < -0.4 is 5.32 Å². The van der Waals surface area contributed by atoms with Crippen molar-refractivity contribution in [1.29, 1.82) is 0 Å². The fourth-order valence-corrected chi connectivity index (χ4v) is 2.31. The topological polar surface area (TPSA) is 88.5 Å². The Kier molecular flexibility index (Phi) is 5.18. The van der Waals surface area contributed by atoms with Gasteiger partial charge in [0.2, 0.25) is 0 Å². The van der Waals surface area contributed by atoms with Crippen molar-refractivity contribution in [2.45, 2.75) is 6.04 Å². The Morgan fingerprint density at radius 1 is 1.41 bits per heavy atom. The summed E-state index contributed by atoms with van der Waals surface area (Å²) in [6.45, 7) is -0.591. The van der Waals surface area contributed by atoms with E-state index in [1.54, 1.807) is 18.2 Å². The molecule has 0 saturated heterocycles. The van der Waals surface area contributed by atoms with Gasteiger partial charge in [0, 0.05) is 16.6 Å². The molecule has 1 amide bonds. The molecule has 0 saturated carbocycles. The summed E-state index contributed by atoms with van der Waals surface area (Å²) >= 11 is 12.1. The monoisotopic (exact) mass is 342 g/mol. The van der Waals surface area contributed by atoms with Crippen LogP contribution in [0.25, 0.3) is 10.9 Å². The number of ether oxygens (including phenoxy) is 1. The Balaban J connectivity index is 2.34. The number of rotatable bonds is 4. The molecule has 0 spiro atoms. The average Bonchev–Trinajstić information content (AvgIpc) is 2.51. The van der Waals surface area contributed by atoms with Gasteiger partial charge in [0.1, 0.15) is 0 Å². The third kappa shape index (κ3) is 3.30. The van der Waals surface area contributed by atoms with Crippen LogP contribution in [-0.2, 0) is 9.53 Å². The fourth-order valence-electron chi connectivity index (χ4n) is 1.85. The van der Waals surface area contributed by atoms with Crippen LogP contribution in [0.3, 0.4) is 0 Å². The van der Waals surface area contributed by atoms with E-state index in [4.69, 9.17) is 28.3 Å². The number of aromatic nitrogens is 1. The van der Waals surface area contributed by atoms with Crippen LogP contribution in [-0.4, -0.2) is 41.7 Å². The van der Waals surface area contributed by atoms with Crippen LogP contribution in [0.1, 0.15) is 10.4 Å². The molecule has 2 aromatic rings. The molecule has 6 nitrogen and oxygen atoms in total. The van der Waals surface area contributed by atoms with Gasteiger partial charge in [-0.05, 0) is 18.2 Å². The number of nitrogens with one attached hydrogen (secondary N) is 1. The van der Waals surface area contributed by atoms with Gasteiger partial charge in [-0.1, -0.05) is 23.2 Å². The van der Waals surface area contributed by atoms with E-state index in [0.717, 1.165) is 7.11 Å². The maximum atomic E-state index is 12.2. The summed E-state index contributed by atoms with van der Waals surface area (Å²) in [4.78, 5) is 27.7. The maximum absolute atomic E-state index is 12.2. The zero-order valence-electron chi connectivity index (χ0n) is 11.5. The molecule has 0 radical (unpaired) electrons. The molecular weight excluding hydrogens is 331 g/mol. The van der Waals surface area contributed by atoms with Crippen LogP contribution in [0.2, 0.25) is 10.0 Å². The lowest BCUT2D eigenvalue weighted by atomic mass is 10.1. The van der Waals surface area contributed by atoms with Crippen molar-refractivity contribution in [3.8, 4) is 0 Å². The van der Waals surface area contributed by atoms with Crippen molar-refractivity contribution in [3.05, 3.63) is 40.0 Å². The summed E-state index contributed by atoms with van der Waals surface area (Å²) < 4.78 is 4.48. The Hall–Kier alpha value is -1.89. The number of benzene rings is 1. The highest BCUT2D eigenvalue weighted by molar-refractivity contribution is 6.39. The summed E-state index contributed by atoms with van der Waals surface area (Å²) in [5.41, 5.74) is 0.625. The van der Waals surface area contributed by atoms with Gasteiger partial charge < -0.3 is 15.2 Å². The first kappa shape index (κ1) is 16.5. The molecule has 1 aromatic carbocycles. The zero-order chi connectivity index (χ0) is 16.3. The van der Waals surface area contributed by atoms with E-state index in [9.17, 15) is 9.59 Å². The number of methoxy groups -OCH3 is 1. The van der Waals surface area contributed by atoms with Gasteiger partial charge in [0.05, 0.1) is 29.8 Å². The van der Waals surface area contributed by atoms with Crippen molar-refractivity contribution in [3.63, 3.8) is 0 Å². The Bertz CT molecular complexity index is 736. The number of aliphatic hydroxyl groups excluding tert-OH is 1. The van der Waals surface area contributed by atoms with Crippen molar-refractivity contribution in [2.75, 3.05) is 13.7 Å². The molecule has 0 aliphatic carbocycles. The second-order valence-electron chi connectivity index (χ2n) is 4.38. The number of esters is 1. The van der Waals surface area contributed by atoms with Crippen molar-refractivity contribution < 1.29 is 19.4 Å². The van der Waals surface area contributed by atoms with E-state index >= 15 is 0 Å². The average molecular weight is 343 g/mol. The zero-order valence-corrected chi connectivity index (χ0v) is 13.0. The molecule has 8 heteroatoms. The number of carbonyl (C=O) groups is 2. The molecule has 116 valence electrons. The third-order valence-electron chi connectivity index (χ3n) is 2.98. The first-order valence-corrected chi connectivity index (χ1v) is 6.96. The number of aliphatic hydroxyl groups is 1. The van der Waals surface area contributed by atoms with Crippen LogP contribution in [0.5, 0.6) is 0 Å². The van der Waals surface area contributed by atoms with Crippen LogP contribution in [0, 0.1) is 0 Å². The molecule has 1 aromatic heterocycles. The molecule has 0 fully saturated rings. The molecular formula is C14H12Cl2N2O4. The highest BCUT2D eigenvalue weighted by atomic mass is 35.5. The standard InChI is InChI=1S/C14H12Cl2N2O4/c1-22-14(21)11(6-19)18-13(20)9-5-17-10-4-7(15)2-3-8(10)12(9)16/h2-5,11,19H,6H2,1H3,(H,18,20)/t11-/m0/s1. The predicted octanol–water partition coefficient (Wildman–Crippen LogP) is 1.81. The molecule has 0 aliphatic rings. The number of carbonyl (C=O) groups excluding carboxylic acids is 2. The van der Waals surface area contributed by atoms with E-state index in [0.29, 0.717) is 15.9 Å². The normalized spacial score (nSPS) is 12.0. The number of amides is 1. The van der Waals surface area contributed by atoms with Crippen LogP contribution in [0.4, 0.5) is 0 Å². The molecule has 22 heavy (non-hydrogen) atoms. The van der Waals surface area contributed by atoms with Gasteiger partial charge in [-0.15, -0.1) is 0 Å². The number of fused-ring (bicyclic) bond motifs is 1. The molecule has 0 aliphatic heterocycles. The Morgan fingerprint density at radius 2 is 2.14 bits per heavy atom. The summed E-state index contributed by atoms with van der Waals surface area (Å²) in [5.74, 6) is -1.40. The van der Waals surface area contributed by atoms with Gasteiger partial charge in [0.25, 0.3) is 5.91 Å². The highest BCUT2D eigenvalue weighted by Gasteiger charge is 2.23. The second-order valence-corrected chi connectivity index (χ2v) is 5.19. The molecule has 2 rings (SSSR count). The third-order valence-corrected chi connectivity index (χ3v) is 3.63. The molecule has 0 unspecified atom stereocenters. The van der Waals surface area contributed by atoms with E-state index in [1.807, 2.05) is 0 Å². The molecule has 2 N–H and O–H groups in total. The van der Waals surface area contributed by atoms with Gasteiger partial charge >= 0.3 is 5.97 Å². The first-order chi connectivity index (χ1) is 10.5. The number of hydrogen-bond acceptors (Lipinski definition) is 5. The largest absolute Gasteiger partial charge is 0.467 e. The molecule has 1 heterocycles. The Morgan fingerprint density at radius 3 is 2.77 bits per heavy atom. The predicted molar refractivity (Wildman–Crippen MR) is 82.1 cm³/mol. The van der Waals surface area contributed by atoms with E-state index in [-0.39, 0.29) is 10.6 Å². The number of hydrogen-bond donors (Lipinski definition) is 2. The Labute approximate surface area is 136 Å². The lowest BCUT2D eigenvalue weighted by Crippen LogP contribution is -2.44. The lowest BCUT2D eigenvalue weighted by Gasteiger charge is -2.14. The number of pyridine rings is 1.